The maximum Gasteiger partial charge on any atom is 0.350 e. The van der Waals surface area contributed by atoms with Crippen molar-refractivity contribution >= 4 is 87.0 Å². The molecule has 722 valence electrons. The van der Waals surface area contributed by atoms with Crippen molar-refractivity contribution in [3.63, 3.8) is 0 Å². The zero-order valence-corrected chi connectivity index (χ0v) is 79.3. The third-order valence-corrected chi connectivity index (χ3v) is 30.2. The summed E-state index contributed by atoms with van der Waals surface area (Å²) in [6.45, 7) is 18.6. The molecule has 10 aromatic rings. The van der Waals surface area contributed by atoms with E-state index < -0.39 is 124 Å². The highest BCUT2D eigenvalue weighted by atomic mass is 35.5. The second-order valence-corrected chi connectivity index (χ2v) is 38.7. The van der Waals surface area contributed by atoms with Gasteiger partial charge in [0.25, 0.3) is 5.91 Å². The standard InChI is InChI=1S/C47H51NO14.C35H38Cl2N8O4.C21H26N2O3/c1-25-31(60-43(56)36(52)35(28-16-10-7-11-17-28)48-41(54)29-18-12-8-13-19-29)23-47(57)40(61-42(55)30-20-14-9-15-21-30)38-45(6,32(51)22-33-46(38,24-58-33)62-27(3)50)39(53)37(59-26(2)49)34(25)44(47,4)5;1-3-25(2)45-34(46)44(24-40-45)29-7-5-27(6-8-29)41-14-16-42(17-15-41)28-9-11-30(12-10-28)47-19-31-20-48-35(49-31,21-43-23-38-22-39-43)32-13-4-26(36)18-33(32)37;1-26-21(25)19-15-10-17-20-14(13-4-2-3-5-16(13)22-20)8-9-23(17)11-12(15)6-7-18(19)24/h7-21,31-33,35-38,40,51-52,57H,22-24H2,1-6H3,(H,48,54);4-13,18,22-25,31H,3,14-17,19-21H2,1-2H3;2-5,12,15,17-19,22,24H,6-11H2,1H3/t31-,32-,33+,35-,36+,37+,38-,40-,45+,46-,47+;25?,31-,35-;12-,15-,17-,18-,19+/m000/s1. The van der Waals surface area contributed by atoms with Gasteiger partial charge in [0, 0.05) is 115 Å². The molecule has 9 aliphatic rings. The molecule has 6 N–H and O–H groups in total. The van der Waals surface area contributed by atoms with Crippen molar-refractivity contribution in [3.8, 4) is 11.4 Å². The Hall–Kier alpha value is -12.0. The number of aromatic nitrogens is 7. The number of ketones is 1. The van der Waals surface area contributed by atoms with E-state index in [-0.39, 0.29) is 77.5 Å². The molecule has 4 saturated heterocycles. The fraction of sp³-hybridized carbons (Fsp3) is 0.447. The first kappa shape index (κ1) is 96.7. The van der Waals surface area contributed by atoms with E-state index in [2.05, 4.69) is 88.7 Å². The van der Waals surface area contributed by atoms with Crippen LogP contribution in [0.2, 0.25) is 10.0 Å². The van der Waals surface area contributed by atoms with Crippen LogP contribution in [-0.2, 0) is 80.6 Å². The zero-order valence-electron chi connectivity index (χ0n) is 77.7. The van der Waals surface area contributed by atoms with Gasteiger partial charge in [-0.25, -0.2) is 33.3 Å². The molecule has 8 heterocycles. The van der Waals surface area contributed by atoms with Gasteiger partial charge < -0.3 is 83.2 Å². The monoisotopic (exact) mass is 1910 g/mol. The van der Waals surface area contributed by atoms with E-state index in [4.69, 9.17) is 65.8 Å². The van der Waals surface area contributed by atoms with E-state index in [0.29, 0.717) is 52.8 Å². The van der Waals surface area contributed by atoms with Crippen LogP contribution < -0.4 is 25.5 Å². The van der Waals surface area contributed by atoms with E-state index in [0.717, 1.165) is 102 Å². The summed E-state index contributed by atoms with van der Waals surface area (Å²) >= 11 is 12.7. The number of aliphatic hydroxyl groups excluding tert-OH is 3. The summed E-state index contributed by atoms with van der Waals surface area (Å²) in [7, 11) is 1.43. The van der Waals surface area contributed by atoms with Gasteiger partial charge in [-0.15, -0.1) is 0 Å². The molecule has 34 heteroatoms. The maximum absolute atomic E-state index is 15.5. The van der Waals surface area contributed by atoms with Crippen LogP contribution in [0.1, 0.15) is 155 Å². The summed E-state index contributed by atoms with van der Waals surface area (Å²) in [5.74, 6) is -7.20. The van der Waals surface area contributed by atoms with Gasteiger partial charge in [0.05, 0.1) is 84.2 Å². The zero-order chi connectivity index (χ0) is 96.7. The summed E-state index contributed by atoms with van der Waals surface area (Å²) < 4.78 is 59.0. The minimum atomic E-state index is -2.39. The number of nitrogens with zero attached hydrogens (tertiary/aromatic N) is 9. The maximum atomic E-state index is 15.5. The third kappa shape index (κ3) is 18.7. The minimum Gasteiger partial charge on any atom is -0.491 e. The second-order valence-electron chi connectivity index (χ2n) is 37.8. The number of aliphatic hydroxyl groups is 4. The Labute approximate surface area is 802 Å². The summed E-state index contributed by atoms with van der Waals surface area (Å²) in [6, 6.07) is 53.3. The number of nitrogens with one attached hydrogen (secondary N) is 2. The van der Waals surface area contributed by atoms with E-state index in [1.807, 2.05) is 44.2 Å². The van der Waals surface area contributed by atoms with E-state index in [1.165, 1.54) is 66.3 Å². The molecule has 4 aliphatic carbocycles. The molecule has 3 aromatic heterocycles. The van der Waals surface area contributed by atoms with Gasteiger partial charge in [-0.3, -0.25) is 28.9 Å². The first-order valence-electron chi connectivity index (χ1n) is 46.6. The summed E-state index contributed by atoms with van der Waals surface area (Å²) in [5, 5.41) is 61.6. The lowest BCUT2D eigenvalue weighted by Crippen LogP contribution is -2.82. The van der Waals surface area contributed by atoms with Gasteiger partial charge in [-0.2, -0.15) is 10.2 Å². The molecule has 5 aliphatic heterocycles. The summed E-state index contributed by atoms with van der Waals surface area (Å²) in [5.41, 5.74) is 0.582. The highest BCUT2D eigenvalue weighted by Gasteiger charge is 2.79. The first-order valence-corrected chi connectivity index (χ1v) is 47.4. The topological polar surface area (TPSA) is 392 Å². The number of amides is 1. The number of H-pyrrole nitrogens is 1. The fourth-order valence-electron chi connectivity index (χ4n) is 22.2. The van der Waals surface area contributed by atoms with Crippen LogP contribution in [0.25, 0.3) is 16.6 Å². The lowest BCUT2D eigenvalue weighted by Gasteiger charge is -2.67. The van der Waals surface area contributed by atoms with Crippen molar-refractivity contribution in [1.82, 2.24) is 44.3 Å². The molecule has 1 amide bonds. The quantitative estimate of drug-likeness (QED) is 0.0208. The number of para-hydroxylation sites is 1. The van der Waals surface area contributed by atoms with Gasteiger partial charge in [0.15, 0.2) is 23.6 Å². The van der Waals surface area contributed by atoms with Crippen LogP contribution in [0.4, 0.5) is 11.4 Å². The number of halogens is 2. The Kier molecular flexibility index (Phi) is 28.1. The lowest BCUT2D eigenvalue weighted by atomic mass is 9.44. The van der Waals surface area contributed by atoms with Crippen LogP contribution in [0, 0.1) is 34.5 Å². The molecule has 137 heavy (non-hydrogen) atoms. The van der Waals surface area contributed by atoms with Crippen molar-refractivity contribution in [2.75, 3.05) is 76.0 Å². The van der Waals surface area contributed by atoms with E-state index >= 15 is 4.79 Å². The van der Waals surface area contributed by atoms with Crippen LogP contribution in [0.5, 0.6) is 5.75 Å². The van der Waals surface area contributed by atoms with Crippen LogP contribution >= 0.6 is 23.2 Å². The smallest absolute Gasteiger partial charge is 0.350 e. The van der Waals surface area contributed by atoms with Crippen molar-refractivity contribution in [3.05, 3.63) is 266 Å². The van der Waals surface area contributed by atoms with Gasteiger partial charge in [0.2, 0.25) is 5.79 Å². The second kappa shape index (κ2) is 39.9. The third-order valence-electron chi connectivity index (χ3n) is 29.7. The van der Waals surface area contributed by atoms with Gasteiger partial charge >= 0.3 is 35.5 Å². The minimum absolute atomic E-state index is 0.00289. The van der Waals surface area contributed by atoms with Gasteiger partial charge in [-0.1, -0.05) is 135 Å². The number of piperazine rings is 1. The molecule has 3 saturated carbocycles. The largest absolute Gasteiger partial charge is 0.491 e. The predicted molar refractivity (Wildman–Crippen MR) is 505 cm³/mol. The van der Waals surface area contributed by atoms with Crippen LogP contribution in [0.15, 0.2) is 217 Å². The number of fused-ring (bicyclic) bond motifs is 11. The molecule has 1 unspecified atom stereocenters. The molecule has 2 bridgehead atoms. The normalized spacial score (nSPS) is 28.1. The van der Waals surface area contributed by atoms with Crippen molar-refractivity contribution in [1.29, 1.82) is 0 Å². The number of ether oxygens (including phenoxy) is 9. The van der Waals surface area contributed by atoms with Crippen LogP contribution in [0.3, 0.4) is 0 Å². The summed E-state index contributed by atoms with van der Waals surface area (Å²) in [4.78, 5) is 124. The van der Waals surface area contributed by atoms with Crippen molar-refractivity contribution in [2.24, 2.45) is 34.5 Å². The number of benzene rings is 7. The molecule has 0 spiro atoms. The average molecular weight is 1910 g/mol. The Morgan fingerprint density at radius 1 is 0.745 bits per heavy atom. The number of aromatic amines is 1. The Bertz CT molecular complexity index is 6160. The lowest BCUT2D eigenvalue weighted by molar-refractivity contribution is -0.346. The number of hydrogen-bond donors (Lipinski definition) is 6. The van der Waals surface area contributed by atoms with Crippen molar-refractivity contribution < 1.29 is 96.6 Å². The highest BCUT2D eigenvalue weighted by molar-refractivity contribution is 6.35. The number of hydrogen-bond acceptors (Lipinski definition) is 27. The number of anilines is 2. The molecule has 19 atom stereocenters. The van der Waals surface area contributed by atoms with Gasteiger partial charge in [-0.05, 0) is 178 Å². The number of methoxy groups -OCH3 is 1. The highest BCUT2D eigenvalue weighted by Crippen LogP contribution is 2.65. The number of carbonyl (C=O) groups is 7. The Balaban J connectivity index is 0.000000153. The van der Waals surface area contributed by atoms with E-state index in [9.17, 15) is 54.0 Å². The number of esters is 5. The number of carbonyl (C=O) groups excluding carboxylic acids is 7. The summed E-state index contributed by atoms with van der Waals surface area (Å²) in [6.07, 6.45) is -2.19. The molecule has 7 aromatic carbocycles. The average Bonchev–Trinajstić information content (AvgIpc) is 1.64. The number of Topliss-reactive ketones (excluding diaryl/α,β-unsaturated/α-hetero) is 1. The fourth-order valence-corrected chi connectivity index (χ4v) is 22.8. The van der Waals surface area contributed by atoms with E-state index in [1.54, 1.807) is 127 Å². The molecule has 32 nitrogen and oxygen atoms in total. The molecule has 0 radical (unpaired) electrons. The molecular formula is C103H115Cl2N11O21. The SMILES string of the molecule is CC(=O)O[C@H]1C(=O)[C@@]2(C)[C@H]([C@H](OC(=O)c3ccccc3)[C@]3(O)C[C@H](OC(=O)[C@H](O)[C@@H](NC(=O)c4ccccc4)c4ccccc4)C(C)=C1C3(C)C)[C@]1(OC(C)=O)CO[C@@H]1C[C@@H]2O.CCC(C)n1ncn(-c2ccc(N3CCN(c4ccc(OC[C@H]5CO[C@](Cn6cncn6)(c6ccc(Cl)cc6Cl)O5)cc4)CC3)cc2)c1=O.COC(=O)[C@@H]1[C@H]2C[C@H]3c4[nH]c5ccccc5c4CCN3C[C@@H]2CC[C@@H]1O. The first-order chi connectivity index (χ1) is 65.8. The number of rotatable bonds is 22. The van der Waals surface area contributed by atoms with Crippen molar-refractivity contribution in [2.45, 2.75) is 191 Å². The predicted octanol–water partition coefficient (Wildman–Crippen LogP) is 12.0. The Morgan fingerprint density at radius 2 is 1.40 bits per heavy atom. The molecule has 19 rings (SSSR count). The number of piperidine rings is 1. The molecular weight excluding hydrogens is 1800 g/mol. The van der Waals surface area contributed by atoms with Gasteiger partial charge in [0.1, 0.15) is 67.9 Å². The Morgan fingerprint density at radius 3 is 2.04 bits per heavy atom. The van der Waals surface area contributed by atoms with Crippen LogP contribution in [-0.4, -0.2) is 227 Å². The molecule has 7 fully saturated rings.